The lowest BCUT2D eigenvalue weighted by molar-refractivity contribution is -0.113. The van der Waals surface area contributed by atoms with E-state index in [1.165, 1.54) is 11.8 Å². The average molecular weight is 304 g/mol. The molecular weight excluding hydrogens is 294 g/mol. The van der Waals surface area contributed by atoms with E-state index in [9.17, 15) is 4.79 Å². The molecule has 0 fully saturated rings. The van der Waals surface area contributed by atoms with E-state index in [1.807, 2.05) is 47.2 Å². The first-order valence-electron chi connectivity index (χ1n) is 5.85. The molecule has 3 rings (SSSR count). The minimum Gasteiger partial charge on any atom is -0.378 e. The van der Waals surface area contributed by atoms with Crippen LogP contribution in [-0.2, 0) is 4.79 Å². The van der Waals surface area contributed by atoms with E-state index in [4.69, 9.17) is 17.3 Å². The van der Waals surface area contributed by atoms with Gasteiger partial charge in [-0.2, -0.15) is 4.99 Å². The SMILES string of the molecule is NC1=NC(=O)C(=Cc2cccn2-c2ccc(Cl)cc2)S1. The fraction of sp³-hybridized carbons (Fsp3) is 0. The van der Waals surface area contributed by atoms with Crippen molar-refractivity contribution in [1.82, 2.24) is 4.57 Å². The van der Waals surface area contributed by atoms with Gasteiger partial charge in [0.2, 0.25) is 0 Å². The highest BCUT2D eigenvalue weighted by atomic mass is 35.5. The van der Waals surface area contributed by atoms with Gasteiger partial charge in [-0.1, -0.05) is 11.6 Å². The second-order valence-corrected chi connectivity index (χ2v) is 5.64. The first-order chi connectivity index (χ1) is 9.63. The maximum Gasteiger partial charge on any atom is 0.286 e. The zero-order valence-corrected chi connectivity index (χ0v) is 11.9. The van der Waals surface area contributed by atoms with E-state index in [2.05, 4.69) is 4.99 Å². The minimum atomic E-state index is -0.295. The Bertz CT molecular complexity index is 731. The Morgan fingerprint density at radius 2 is 2.00 bits per heavy atom. The van der Waals surface area contributed by atoms with E-state index in [1.54, 1.807) is 6.08 Å². The molecule has 0 saturated carbocycles. The molecule has 0 saturated heterocycles. The fourth-order valence-corrected chi connectivity index (χ4v) is 2.70. The lowest BCUT2D eigenvalue weighted by Gasteiger charge is -2.07. The lowest BCUT2D eigenvalue weighted by Crippen LogP contribution is -2.01. The average Bonchev–Trinajstić information content (AvgIpc) is 2.98. The van der Waals surface area contributed by atoms with Crippen LogP contribution in [0.1, 0.15) is 5.69 Å². The quantitative estimate of drug-likeness (QED) is 0.867. The summed E-state index contributed by atoms with van der Waals surface area (Å²) in [6.45, 7) is 0. The van der Waals surface area contributed by atoms with Gasteiger partial charge in [0, 0.05) is 22.6 Å². The van der Waals surface area contributed by atoms with E-state index < -0.39 is 0 Å². The number of aliphatic imine (C=N–C) groups is 1. The van der Waals surface area contributed by atoms with Crippen molar-refractivity contribution in [3.63, 3.8) is 0 Å². The van der Waals surface area contributed by atoms with Crippen molar-refractivity contribution in [2.45, 2.75) is 0 Å². The van der Waals surface area contributed by atoms with Crippen molar-refractivity contribution in [3.8, 4) is 5.69 Å². The van der Waals surface area contributed by atoms with Crippen molar-refractivity contribution >= 4 is 40.5 Å². The molecule has 20 heavy (non-hydrogen) atoms. The van der Waals surface area contributed by atoms with Crippen molar-refractivity contribution in [3.05, 3.63) is 58.2 Å². The van der Waals surface area contributed by atoms with Crippen molar-refractivity contribution in [2.75, 3.05) is 0 Å². The number of benzene rings is 1. The molecule has 2 N–H and O–H groups in total. The molecule has 100 valence electrons. The number of nitrogens with two attached hydrogens (primary N) is 1. The fourth-order valence-electron chi connectivity index (χ4n) is 1.91. The minimum absolute atomic E-state index is 0.283. The number of carbonyl (C=O) groups is 1. The number of amides is 1. The van der Waals surface area contributed by atoms with Gasteiger partial charge in [0.05, 0.1) is 4.91 Å². The standard InChI is InChI=1S/C14H10ClN3OS/c15-9-3-5-10(6-4-9)18-7-1-2-11(18)8-12-13(19)17-14(16)20-12/h1-8H,(H2,16,17,19). The van der Waals surface area contributed by atoms with E-state index in [0.29, 0.717) is 9.93 Å². The van der Waals surface area contributed by atoms with Crippen LogP contribution in [0, 0.1) is 0 Å². The van der Waals surface area contributed by atoms with Crippen LogP contribution in [0.4, 0.5) is 0 Å². The summed E-state index contributed by atoms with van der Waals surface area (Å²) >= 11 is 7.07. The largest absolute Gasteiger partial charge is 0.378 e. The Morgan fingerprint density at radius 3 is 2.65 bits per heavy atom. The topological polar surface area (TPSA) is 60.4 Å². The van der Waals surface area contributed by atoms with Gasteiger partial charge in [-0.3, -0.25) is 4.79 Å². The van der Waals surface area contributed by atoms with Gasteiger partial charge in [-0.25, -0.2) is 0 Å². The van der Waals surface area contributed by atoms with E-state index >= 15 is 0 Å². The number of thioether (sulfide) groups is 1. The molecule has 1 aliphatic rings. The molecule has 0 atom stereocenters. The van der Waals surface area contributed by atoms with Crippen LogP contribution in [0.2, 0.25) is 5.02 Å². The Kier molecular flexibility index (Phi) is 3.38. The number of nitrogens with zero attached hydrogens (tertiary/aromatic N) is 2. The molecule has 2 aromatic rings. The number of carbonyl (C=O) groups excluding carboxylic acids is 1. The predicted molar refractivity (Wildman–Crippen MR) is 83.0 cm³/mol. The molecule has 1 amide bonds. The molecule has 1 aromatic heterocycles. The van der Waals surface area contributed by atoms with Crippen molar-refractivity contribution in [1.29, 1.82) is 0 Å². The van der Waals surface area contributed by atoms with Crippen LogP contribution in [0.3, 0.4) is 0 Å². The summed E-state index contributed by atoms with van der Waals surface area (Å²) in [4.78, 5) is 15.8. The molecule has 0 unspecified atom stereocenters. The zero-order valence-electron chi connectivity index (χ0n) is 10.3. The first-order valence-corrected chi connectivity index (χ1v) is 7.04. The third kappa shape index (κ3) is 2.50. The summed E-state index contributed by atoms with van der Waals surface area (Å²) in [5.74, 6) is -0.295. The molecule has 2 heterocycles. The number of hydrogen-bond donors (Lipinski definition) is 1. The third-order valence-electron chi connectivity index (χ3n) is 2.80. The third-order valence-corrected chi connectivity index (χ3v) is 3.87. The summed E-state index contributed by atoms with van der Waals surface area (Å²) in [6.07, 6.45) is 3.70. The molecule has 4 nitrogen and oxygen atoms in total. The van der Waals surface area contributed by atoms with Crippen LogP contribution in [0.15, 0.2) is 52.5 Å². The maximum atomic E-state index is 11.6. The van der Waals surface area contributed by atoms with Gasteiger partial charge in [0.25, 0.3) is 5.91 Å². The summed E-state index contributed by atoms with van der Waals surface area (Å²) in [7, 11) is 0. The highest BCUT2D eigenvalue weighted by Crippen LogP contribution is 2.27. The van der Waals surface area contributed by atoms with Crippen molar-refractivity contribution in [2.24, 2.45) is 10.7 Å². The normalized spacial score (nSPS) is 16.8. The molecule has 0 radical (unpaired) electrons. The van der Waals surface area contributed by atoms with Gasteiger partial charge in [-0.15, -0.1) is 0 Å². The van der Waals surface area contributed by atoms with Gasteiger partial charge in [0.15, 0.2) is 5.17 Å². The van der Waals surface area contributed by atoms with E-state index in [-0.39, 0.29) is 11.1 Å². The predicted octanol–water partition coefficient (Wildman–Crippen LogP) is 3.06. The second kappa shape index (κ2) is 5.19. The van der Waals surface area contributed by atoms with Crippen LogP contribution >= 0.6 is 23.4 Å². The van der Waals surface area contributed by atoms with E-state index in [0.717, 1.165) is 11.4 Å². The van der Waals surface area contributed by atoms with Crippen LogP contribution < -0.4 is 5.73 Å². The molecule has 1 aromatic carbocycles. The summed E-state index contributed by atoms with van der Waals surface area (Å²) in [5, 5.41) is 0.967. The monoisotopic (exact) mass is 303 g/mol. The van der Waals surface area contributed by atoms with Gasteiger partial charge in [-0.05, 0) is 54.2 Å². The second-order valence-electron chi connectivity index (χ2n) is 4.15. The Morgan fingerprint density at radius 1 is 1.25 bits per heavy atom. The summed E-state index contributed by atoms with van der Waals surface area (Å²) < 4.78 is 1.96. The van der Waals surface area contributed by atoms with Gasteiger partial charge >= 0.3 is 0 Å². The highest BCUT2D eigenvalue weighted by molar-refractivity contribution is 8.18. The number of amidine groups is 1. The van der Waals surface area contributed by atoms with Crippen LogP contribution in [-0.4, -0.2) is 15.6 Å². The summed E-state index contributed by atoms with van der Waals surface area (Å²) in [6, 6.07) is 11.3. The Labute approximate surface area is 124 Å². The van der Waals surface area contributed by atoms with Crippen molar-refractivity contribution < 1.29 is 4.79 Å². The molecule has 0 aliphatic carbocycles. The number of halogens is 1. The van der Waals surface area contributed by atoms with Gasteiger partial charge < -0.3 is 10.3 Å². The molecule has 6 heteroatoms. The lowest BCUT2D eigenvalue weighted by atomic mass is 10.3. The smallest absolute Gasteiger partial charge is 0.286 e. The Hall–Kier alpha value is -1.98. The maximum absolute atomic E-state index is 11.6. The van der Waals surface area contributed by atoms with Crippen LogP contribution in [0.25, 0.3) is 11.8 Å². The Balaban J connectivity index is 1.97. The molecular formula is C14H10ClN3OS. The van der Waals surface area contributed by atoms with Crippen LogP contribution in [0.5, 0.6) is 0 Å². The molecule has 0 spiro atoms. The summed E-state index contributed by atoms with van der Waals surface area (Å²) in [5.41, 5.74) is 7.39. The molecule has 0 bridgehead atoms. The molecule has 1 aliphatic heterocycles. The zero-order chi connectivity index (χ0) is 14.1. The highest BCUT2D eigenvalue weighted by Gasteiger charge is 2.20. The number of aromatic nitrogens is 1. The number of rotatable bonds is 2. The first kappa shape index (κ1) is 13.0. The van der Waals surface area contributed by atoms with Gasteiger partial charge in [0.1, 0.15) is 0 Å². The number of hydrogen-bond acceptors (Lipinski definition) is 3.